The zero-order valence-corrected chi connectivity index (χ0v) is 18.7. The maximum absolute atomic E-state index is 10.3. The fourth-order valence-electron chi connectivity index (χ4n) is 3.12. The first-order valence-corrected chi connectivity index (χ1v) is 11.0. The van der Waals surface area contributed by atoms with Gasteiger partial charge in [0.25, 0.3) is 0 Å². The molecule has 0 saturated carbocycles. The maximum Gasteiger partial charge on any atom is 0.422 e. The van der Waals surface area contributed by atoms with Gasteiger partial charge in [0.1, 0.15) is 26.8 Å². The first-order chi connectivity index (χ1) is 14.7. The SMILES string of the molecule is Cc1ccc(C)c(N=Nc2n(C)c3ccccc3[n+]2C)c1.O=S(=O)([O-])c1ccccc1. The molecule has 3 aromatic carbocycles. The maximum atomic E-state index is 10.3. The zero-order valence-electron chi connectivity index (χ0n) is 17.9. The summed E-state index contributed by atoms with van der Waals surface area (Å²) in [5, 5.41) is 8.90. The van der Waals surface area contributed by atoms with E-state index in [4.69, 9.17) is 0 Å². The Labute approximate surface area is 182 Å². The number of benzene rings is 3. The minimum absolute atomic E-state index is 0.185. The number of fused-ring (bicyclic) bond motifs is 1. The predicted molar refractivity (Wildman–Crippen MR) is 119 cm³/mol. The molecule has 0 atom stereocenters. The van der Waals surface area contributed by atoms with Crippen LogP contribution >= 0.6 is 0 Å². The quantitative estimate of drug-likeness (QED) is 0.266. The van der Waals surface area contributed by atoms with Crippen LogP contribution in [-0.2, 0) is 24.2 Å². The lowest BCUT2D eigenvalue weighted by Crippen LogP contribution is -2.26. The van der Waals surface area contributed by atoms with Crippen LogP contribution in [0.2, 0.25) is 0 Å². The molecule has 0 unspecified atom stereocenters. The molecule has 0 fully saturated rings. The number of rotatable bonds is 3. The van der Waals surface area contributed by atoms with Crippen LogP contribution in [0, 0.1) is 13.8 Å². The summed E-state index contributed by atoms with van der Waals surface area (Å²) in [6, 6.07) is 21.7. The molecule has 0 saturated heterocycles. The lowest BCUT2D eigenvalue weighted by atomic mass is 10.1. The highest BCUT2D eigenvalue weighted by Crippen LogP contribution is 2.23. The molecule has 31 heavy (non-hydrogen) atoms. The van der Waals surface area contributed by atoms with Crippen LogP contribution in [0.25, 0.3) is 11.0 Å². The molecule has 0 aliphatic heterocycles. The fraction of sp³-hybridized carbons (Fsp3) is 0.174. The number of aryl methyl sites for hydroxylation is 4. The summed E-state index contributed by atoms with van der Waals surface area (Å²) < 4.78 is 35.0. The molecule has 0 bridgehead atoms. The Kier molecular flexibility index (Phi) is 6.62. The van der Waals surface area contributed by atoms with Crippen LogP contribution < -0.4 is 4.57 Å². The molecule has 0 radical (unpaired) electrons. The van der Waals surface area contributed by atoms with Crippen LogP contribution in [0.15, 0.2) is 87.9 Å². The minimum Gasteiger partial charge on any atom is -0.744 e. The van der Waals surface area contributed by atoms with Crippen molar-refractivity contribution in [1.29, 1.82) is 0 Å². The van der Waals surface area contributed by atoms with Crippen LogP contribution in [0.4, 0.5) is 11.6 Å². The van der Waals surface area contributed by atoms with Gasteiger partial charge in [-0.3, -0.25) is 0 Å². The van der Waals surface area contributed by atoms with Crippen LogP contribution in [-0.4, -0.2) is 17.5 Å². The largest absolute Gasteiger partial charge is 0.744 e. The van der Waals surface area contributed by atoms with Gasteiger partial charge in [0.05, 0.1) is 19.0 Å². The summed E-state index contributed by atoms with van der Waals surface area (Å²) in [6.45, 7) is 4.12. The van der Waals surface area contributed by atoms with Crippen molar-refractivity contribution in [3.8, 4) is 0 Å². The van der Waals surface area contributed by atoms with Crippen molar-refractivity contribution in [3.63, 3.8) is 0 Å². The van der Waals surface area contributed by atoms with Crippen molar-refractivity contribution >= 4 is 32.8 Å². The van der Waals surface area contributed by atoms with Crippen molar-refractivity contribution in [2.24, 2.45) is 24.3 Å². The third-order valence-electron chi connectivity index (χ3n) is 4.85. The average molecular weight is 437 g/mol. The summed E-state index contributed by atoms with van der Waals surface area (Å²) in [6.07, 6.45) is 0. The second kappa shape index (κ2) is 9.20. The van der Waals surface area contributed by atoms with Crippen LogP contribution in [0.3, 0.4) is 0 Å². The van der Waals surface area contributed by atoms with Gasteiger partial charge in [-0.2, -0.15) is 0 Å². The van der Waals surface area contributed by atoms with Crippen LogP contribution in [0.1, 0.15) is 11.1 Å². The second-order valence-electron chi connectivity index (χ2n) is 7.16. The van der Waals surface area contributed by atoms with E-state index in [2.05, 4.69) is 63.5 Å². The number of para-hydroxylation sites is 2. The van der Waals surface area contributed by atoms with E-state index in [9.17, 15) is 13.0 Å². The normalized spacial score (nSPS) is 11.5. The summed E-state index contributed by atoms with van der Waals surface area (Å²) in [4.78, 5) is -0.185. The molecule has 0 N–H and O–H groups in total. The van der Waals surface area contributed by atoms with E-state index < -0.39 is 10.1 Å². The Bertz CT molecular complexity index is 1310. The predicted octanol–water partition coefficient (Wildman–Crippen LogP) is 4.63. The molecule has 0 aliphatic carbocycles. The number of aromatic nitrogens is 2. The number of nitrogens with zero attached hydrogens (tertiary/aromatic N) is 4. The van der Waals surface area contributed by atoms with E-state index in [0.717, 1.165) is 28.2 Å². The number of azo groups is 1. The topological polar surface area (TPSA) is 90.7 Å². The van der Waals surface area contributed by atoms with E-state index in [-0.39, 0.29) is 4.90 Å². The van der Waals surface area contributed by atoms with E-state index in [0.29, 0.717) is 0 Å². The monoisotopic (exact) mass is 436 g/mol. The average Bonchev–Trinajstić information content (AvgIpc) is 2.99. The third-order valence-corrected chi connectivity index (χ3v) is 5.70. The molecule has 1 aromatic heterocycles. The van der Waals surface area contributed by atoms with E-state index in [1.807, 2.05) is 26.2 Å². The van der Waals surface area contributed by atoms with Gasteiger partial charge in [0, 0.05) is 5.11 Å². The Hall–Kier alpha value is -3.36. The van der Waals surface area contributed by atoms with Crippen LogP contribution in [0.5, 0.6) is 0 Å². The highest BCUT2D eigenvalue weighted by molar-refractivity contribution is 7.85. The first-order valence-electron chi connectivity index (χ1n) is 9.62. The molecule has 8 heteroatoms. The Morgan fingerprint density at radius 2 is 1.55 bits per heavy atom. The van der Waals surface area contributed by atoms with E-state index in [1.54, 1.807) is 6.07 Å². The number of hydrogen-bond donors (Lipinski definition) is 0. The molecular weight excluding hydrogens is 412 g/mol. The number of imidazole rings is 1. The van der Waals surface area contributed by atoms with E-state index in [1.165, 1.54) is 29.8 Å². The smallest absolute Gasteiger partial charge is 0.422 e. The summed E-state index contributed by atoms with van der Waals surface area (Å²) in [7, 11) is -0.225. The third kappa shape index (κ3) is 5.22. The molecular formula is C23H24N4O3S. The van der Waals surface area contributed by atoms with Gasteiger partial charge < -0.3 is 4.55 Å². The lowest BCUT2D eigenvalue weighted by Gasteiger charge is -2.04. The molecule has 4 aromatic rings. The Morgan fingerprint density at radius 3 is 2.16 bits per heavy atom. The molecule has 160 valence electrons. The van der Waals surface area contributed by atoms with Crippen molar-refractivity contribution in [1.82, 2.24) is 4.57 Å². The number of hydrogen-bond acceptors (Lipinski definition) is 5. The lowest BCUT2D eigenvalue weighted by molar-refractivity contribution is -0.632. The highest BCUT2D eigenvalue weighted by Gasteiger charge is 2.18. The zero-order chi connectivity index (χ0) is 22.6. The summed E-state index contributed by atoms with van der Waals surface area (Å²) in [5.41, 5.74) is 5.53. The van der Waals surface area contributed by atoms with Gasteiger partial charge >= 0.3 is 5.95 Å². The highest BCUT2D eigenvalue weighted by atomic mass is 32.2. The summed E-state index contributed by atoms with van der Waals surface area (Å²) >= 11 is 0. The fourth-order valence-corrected chi connectivity index (χ4v) is 3.61. The van der Waals surface area contributed by atoms with Crippen molar-refractivity contribution in [3.05, 3.63) is 83.9 Å². The first kappa shape index (κ1) is 22.3. The molecule has 0 amide bonds. The van der Waals surface area contributed by atoms with Gasteiger partial charge in [-0.1, -0.05) is 47.6 Å². The summed E-state index contributed by atoms with van der Waals surface area (Å²) in [5.74, 6) is 0.831. The standard InChI is InChI=1S/C17H19N4.C6H6O3S/c1-12-9-10-13(2)14(11-12)18-19-17-20(3)15-7-5-6-8-16(15)21(17)4;7-10(8,9)6-4-2-1-3-5-6/h5-11H,1-4H3;1-5H,(H,7,8,9)/q+1;/p-1. The van der Waals surface area contributed by atoms with E-state index >= 15 is 0 Å². The van der Waals surface area contributed by atoms with Gasteiger partial charge in [0.2, 0.25) is 0 Å². The molecule has 0 spiro atoms. The molecule has 7 nitrogen and oxygen atoms in total. The van der Waals surface area contributed by atoms with Gasteiger partial charge in [-0.15, -0.1) is 0 Å². The van der Waals surface area contributed by atoms with Gasteiger partial charge in [-0.05, 0) is 55.3 Å². The van der Waals surface area contributed by atoms with Crippen molar-refractivity contribution in [2.75, 3.05) is 0 Å². The molecule has 4 rings (SSSR count). The van der Waals surface area contributed by atoms with Crippen molar-refractivity contribution < 1.29 is 17.5 Å². The minimum atomic E-state index is -4.25. The molecule has 0 aliphatic rings. The second-order valence-corrected chi connectivity index (χ2v) is 8.54. The van der Waals surface area contributed by atoms with Crippen molar-refractivity contribution in [2.45, 2.75) is 18.7 Å². The van der Waals surface area contributed by atoms with Gasteiger partial charge in [-0.25, -0.2) is 17.6 Å². The Balaban J connectivity index is 0.000000229. The van der Waals surface area contributed by atoms with Gasteiger partial charge in [0.15, 0.2) is 0 Å². The Morgan fingerprint density at radius 1 is 0.903 bits per heavy atom. The molecule has 1 heterocycles.